The lowest BCUT2D eigenvalue weighted by Gasteiger charge is -2.41. The predicted octanol–water partition coefficient (Wildman–Crippen LogP) is 3.98. The Kier molecular flexibility index (Phi) is 3.11. The van der Waals surface area contributed by atoms with E-state index in [-0.39, 0.29) is 6.61 Å². The normalized spacial score (nSPS) is 20.7. The number of hydrogen-bond donors (Lipinski definition) is 1. The van der Waals surface area contributed by atoms with E-state index >= 15 is 0 Å². The maximum atomic E-state index is 9.01. The first-order chi connectivity index (χ1) is 10.5. The number of rotatable bonds is 4. The molecule has 1 aliphatic heterocycles. The molecule has 113 valence electrons. The zero-order valence-electron chi connectivity index (χ0n) is 13.7. The molecule has 1 nitrogen and oxygen atoms in total. The lowest BCUT2D eigenvalue weighted by Crippen LogP contribution is -2.56. The maximum Gasteiger partial charge on any atom is 0.114 e. The van der Waals surface area contributed by atoms with Crippen molar-refractivity contribution in [1.29, 1.82) is 0 Å². The SMILES string of the molecule is CC1=C2c3c(ccc(C4=CC(CCCO)=CC4)c3[Si]2(C)C)[CH]1. The lowest BCUT2D eigenvalue weighted by molar-refractivity contribution is 0.289. The second-order valence-corrected chi connectivity index (χ2v) is 11.5. The first kappa shape index (κ1) is 14.2. The highest BCUT2D eigenvalue weighted by Gasteiger charge is 2.48. The van der Waals surface area contributed by atoms with Crippen LogP contribution in [0.3, 0.4) is 0 Å². The molecule has 1 N–H and O–H groups in total. The van der Waals surface area contributed by atoms with E-state index in [1.807, 2.05) is 0 Å². The molecule has 2 heteroatoms. The fourth-order valence-corrected chi connectivity index (χ4v) is 8.35. The fourth-order valence-electron chi connectivity index (χ4n) is 4.52. The standard InChI is InChI=1S/C20H23OSi/c1-13-11-16-8-9-17(20-18(16)19(13)22(20,2)3)15-7-6-14(12-15)5-4-10-21/h6,8-9,11-12,21H,4-5,7,10H2,1-3H3. The summed E-state index contributed by atoms with van der Waals surface area (Å²) in [6.07, 6.45) is 10.00. The Bertz CT molecular complexity index is 762. The van der Waals surface area contributed by atoms with E-state index in [1.165, 1.54) is 27.8 Å². The number of hydrogen-bond acceptors (Lipinski definition) is 1. The van der Waals surface area contributed by atoms with Gasteiger partial charge in [0.15, 0.2) is 0 Å². The number of benzene rings is 1. The Labute approximate surface area is 134 Å². The van der Waals surface area contributed by atoms with Gasteiger partial charge >= 0.3 is 0 Å². The second-order valence-electron chi connectivity index (χ2n) is 7.26. The van der Waals surface area contributed by atoms with E-state index < -0.39 is 8.07 Å². The van der Waals surface area contributed by atoms with Gasteiger partial charge in [-0.25, -0.2) is 0 Å². The van der Waals surface area contributed by atoms with Crippen molar-refractivity contribution in [2.24, 2.45) is 0 Å². The minimum atomic E-state index is -1.43. The van der Waals surface area contributed by atoms with Crippen LogP contribution in [-0.2, 0) is 0 Å². The average molecular weight is 307 g/mol. The van der Waals surface area contributed by atoms with E-state index in [0.717, 1.165) is 19.3 Å². The molecule has 0 aromatic heterocycles. The number of allylic oxidation sites excluding steroid dienone is 5. The number of aliphatic hydroxyl groups is 1. The third-order valence-corrected chi connectivity index (χ3v) is 9.08. The van der Waals surface area contributed by atoms with Crippen molar-refractivity contribution < 1.29 is 5.11 Å². The van der Waals surface area contributed by atoms with E-state index in [0.29, 0.717) is 0 Å². The Morgan fingerprint density at radius 2 is 2.05 bits per heavy atom. The molecule has 1 aromatic rings. The number of aliphatic hydroxyl groups excluding tert-OH is 1. The molecule has 0 spiro atoms. The summed E-state index contributed by atoms with van der Waals surface area (Å²) in [5.41, 5.74) is 8.88. The Morgan fingerprint density at radius 3 is 2.82 bits per heavy atom. The molecule has 1 radical (unpaired) electrons. The quantitative estimate of drug-likeness (QED) is 0.834. The van der Waals surface area contributed by atoms with E-state index in [4.69, 9.17) is 5.11 Å². The summed E-state index contributed by atoms with van der Waals surface area (Å²) in [7, 11) is -1.43. The van der Waals surface area contributed by atoms with Crippen LogP contribution in [-0.4, -0.2) is 19.8 Å². The molecule has 0 unspecified atom stereocenters. The van der Waals surface area contributed by atoms with Gasteiger partial charge in [0.1, 0.15) is 8.07 Å². The van der Waals surface area contributed by atoms with Gasteiger partial charge in [0.05, 0.1) is 0 Å². The summed E-state index contributed by atoms with van der Waals surface area (Å²) in [5, 5.41) is 12.4. The zero-order chi connectivity index (χ0) is 15.5. The van der Waals surface area contributed by atoms with Crippen LogP contribution in [0.1, 0.15) is 42.9 Å². The van der Waals surface area contributed by atoms with Gasteiger partial charge in [0.2, 0.25) is 0 Å². The maximum absolute atomic E-state index is 9.01. The molecule has 1 aromatic carbocycles. The first-order valence-corrected chi connectivity index (χ1v) is 11.3. The summed E-state index contributed by atoms with van der Waals surface area (Å²) in [4.78, 5) is 0. The average Bonchev–Trinajstić information content (AvgIpc) is 3.06. The topological polar surface area (TPSA) is 20.2 Å². The largest absolute Gasteiger partial charge is 0.396 e. The Balaban J connectivity index is 1.75. The summed E-state index contributed by atoms with van der Waals surface area (Å²) >= 11 is 0. The van der Waals surface area contributed by atoms with Crippen LogP contribution in [0.2, 0.25) is 13.1 Å². The minimum absolute atomic E-state index is 0.286. The molecule has 0 bridgehead atoms. The molecule has 0 fully saturated rings. The summed E-state index contributed by atoms with van der Waals surface area (Å²) in [5.74, 6) is 0. The second kappa shape index (κ2) is 4.80. The molecule has 3 aliphatic rings. The van der Waals surface area contributed by atoms with Crippen molar-refractivity contribution in [3.05, 3.63) is 58.5 Å². The Morgan fingerprint density at radius 1 is 1.23 bits per heavy atom. The highest BCUT2D eigenvalue weighted by molar-refractivity contribution is 7.11. The van der Waals surface area contributed by atoms with Crippen LogP contribution in [0.4, 0.5) is 0 Å². The highest BCUT2D eigenvalue weighted by Crippen LogP contribution is 2.48. The monoisotopic (exact) mass is 307 g/mol. The van der Waals surface area contributed by atoms with Gasteiger partial charge in [-0.15, -0.1) is 0 Å². The van der Waals surface area contributed by atoms with E-state index in [9.17, 15) is 0 Å². The van der Waals surface area contributed by atoms with Crippen molar-refractivity contribution in [3.63, 3.8) is 0 Å². The first-order valence-electron chi connectivity index (χ1n) is 8.29. The molecular formula is C20H23OSi. The smallest absolute Gasteiger partial charge is 0.114 e. The predicted molar refractivity (Wildman–Crippen MR) is 96.6 cm³/mol. The van der Waals surface area contributed by atoms with Gasteiger partial charge in [0, 0.05) is 13.0 Å². The summed E-state index contributed by atoms with van der Waals surface area (Å²) in [6.45, 7) is 7.55. The minimum Gasteiger partial charge on any atom is -0.396 e. The van der Waals surface area contributed by atoms with Crippen molar-refractivity contribution in [1.82, 2.24) is 0 Å². The van der Waals surface area contributed by atoms with Gasteiger partial charge in [0.25, 0.3) is 0 Å². The lowest BCUT2D eigenvalue weighted by atomic mass is 9.98. The van der Waals surface area contributed by atoms with Crippen molar-refractivity contribution >= 4 is 24.0 Å². The molecule has 2 aliphatic carbocycles. The molecule has 0 amide bonds. The van der Waals surface area contributed by atoms with E-state index in [2.05, 4.69) is 50.7 Å². The summed E-state index contributed by atoms with van der Waals surface area (Å²) < 4.78 is 0. The van der Waals surface area contributed by atoms with Crippen LogP contribution < -0.4 is 5.19 Å². The van der Waals surface area contributed by atoms with Gasteiger partial charge in [-0.2, -0.15) is 0 Å². The molecule has 0 saturated carbocycles. The van der Waals surface area contributed by atoms with Crippen molar-refractivity contribution in [2.75, 3.05) is 6.61 Å². The summed E-state index contributed by atoms with van der Waals surface area (Å²) in [6, 6.07) is 4.66. The van der Waals surface area contributed by atoms with Crippen molar-refractivity contribution in [2.45, 2.75) is 39.3 Å². The molecule has 0 saturated heterocycles. The van der Waals surface area contributed by atoms with Crippen molar-refractivity contribution in [3.8, 4) is 0 Å². The highest BCUT2D eigenvalue weighted by atomic mass is 28.3. The van der Waals surface area contributed by atoms with Crippen LogP contribution in [0.5, 0.6) is 0 Å². The van der Waals surface area contributed by atoms with Crippen LogP contribution in [0, 0.1) is 6.42 Å². The zero-order valence-corrected chi connectivity index (χ0v) is 14.7. The molecular weight excluding hydrogens is 284 g/mol. The fraction of sp³-hybridized carbons (Fsp3) is 0.350. The van der Waals surface area contributed by atoms with Crippen LogP contribution >= 0.6 is 0 Å². The Hall–Kier alpha value is -1.38. The molecule has 22 heavy (non-hydrogen) atoms. The van der Waals surface area contributed by atoms with Gasteiger partial charge in [-0.3, -0.25) is 0 Å². The third kappa shape index (κ3) is 1.80. The van der Waals surface area contributed by atoms with Gasteiger partial charge in [-0.1, -0.05) is 48.5 Å². The molecule has 0 atom stereocenters. The van der Waals surface area contributed by atoms with Crippen LogP contribution in [0.15, 0.2) is 35.4 Å². The third-order valence-electron chi connectivity index (χ3n) is 5.42. The van der Waals surface area contributed by atoms with Gasteiger partial charge < -0.3 is 5.11 Å². The van der Waals surface area contributed by atoms with E-state index in [1.54, 1.807) is 15.9 Å². The van der Waals surface area contributed by atoms with Gasteiger partial charge in [-0.05, 0) is 58.8 Å². The van der Waals surface area contributed by atoms with Crippen LogP contribution in [0.25, 0.3) is 10.8 Å². The molecule has 1 heterocycles. The molecule has 4 rings (SSSR count).